The maximum atomic E-state index is 3.40. The second-order valence-corrected chi connectivity index (χ2v) is 3.65. The molecule has 0 unspecified atom stereocenters. The Kier molecular flexibility index (Phi) is 11.1. The van der Waals surface area contributed by atoms with Crippen molar-refractivity contribution >= 4 is 0 Å². The van der Waals surface area contributed by atoms with Gasteiger partial charge in [-0.25, -0.2) is 0 Å². The van der Waals surface area contributed by atoms with Gasteiger partial charge in [-0.1, -0.05) is 13.8 Å². The van der Waals surface area contributed by atoms with E-state index in [1.807, 2.05) is 13.8 Å². The SMILES string of the molecule is CC.CN1CCC12CCNCC2.[CH3-].[K+]. The van der Waals surface area contributed by atoms with Gasteiger partial charge in [0, 0.05) is 12.1 Å². The number of rotatable bonds is 0. The Morgan fingerprint density at radius 3 is 1.79 bits per heavy atom. The molecular weight excluding hydrogens is 199 g/mol. The first-order valence-electron chi connectivity index (χ1n) is 5.25. The van der Waals surface area contributed by atoms with Gasteiger partial charge in [0.2, 0.25) is 0 Å². The number of piperidine rings is 1. The standard InChI is InChI=1S/C8H16N2.C2H6.CH3.K/c1-10-7-4-8(10)2-5-9-6-3-8;1-2;;/h9H,2-7H2,1H3;1-2H3;1H3;/q;;-1;+1. The van der Waals surface area contributed by atoms with Crippen molar-refractivity contribution in [1.82, 2.24) is 10.2 Å². The number of hydrogen-bond acceptors (Lipinski definition) is 2. The quantitative estimate of drug-likeness (QED) is 0.416. The molecule has 0 radical (unpaired) electrons. The van der Waals surface area contributed by atoms with Crippen LogP contribution >= 0.6 is 0 Å². The van der Waals surface area contributed by atoms with Crippen LogP contribution in [0.2, 0.25) is 0 Å². The molecule has 80 valence electrons. The summed E-state index contributed by atoms with van der Waals surface area (Å²) in [5.74, 6) is 0. The number of nitrogens with zero attached hydrogens (tertiary/aromatic N) is 1. The zero-order valence-corrected chi connectivity index (χ0v) is 13.8. The minimum Gasteiger partial charge on any atom is -0.358 e. The van der Waals surface area contributed by atoms with Gasteiger partial charge >= 0.3 is 51.4 Å². The van der Waals surface area contributed by atoms with Gasteiger partial charge < -0.3 is 17.6 Å². The van der Waals surface area contributed by atoms with Gasteiger partial charge in [-0.05, 0) is 39.4 Å². The van der Waals surface area contributed by atoms with Crippen LogP contribution < -0.4 is 56.7 Å². The van der Waals surface area contributed by atoms with Gasteiger partial charge in [0.1, 0.15) is 0 Å². The van der Waals surface area contributed by atoms with Crippen molar-refractivity contribution < 1.29 is 51.4 Å². The molecule has 0 aliphatic carbocycles. The first kappa shape index (κ1) is 17.9. The second kappa shape index (κ2) is 8.68. The third-order valence-corrected chi connectivity index (χ3v) is 3.26. The third-order valence-electron chi connectivity index (χ3n) is 3.26. The van der Waals surface area contributed by atoms with Crippen LogP contribution in [0.4, 0.5) is 0 Å². The Morgan fingerprint density at radius 2 is 1.57 bits per heavy atom. The predicted octanol–water partition coefficient (Wildman–Crippen LogP) is -1.08. The Morgan fingerprint density at radius 1 is 1.07 bits per heavy atom. The largest absolute Gasteiger partial charge is 1.00 e. The van der Waals surface area contributed by atoms with E-state index in [1.54, 1.807) is 0 Å². The van der Waals surface area contributed by atoms with E-state index in [4.69, 9.17) is 0 Å². The third kappa shape index (κ3) is 3.85. The van der Waals surface area contributed by atoms with Crippen LogP contribution in [0.15, 0.2) is 0 Å². The van der Waals surface area contributed by atoms with Gasteiger partial charge in [-0.2, -0.15) is 0 Å². The Bertz CT molecular complexity index is 133. The zero-order valence-electron chi connectivity index (χ0n) is 10.7. The van der Waals surface area contributed by atoms with Crippen molar-refractivity contribution in [2.45, 2.75) is 38.6 Å². The number of nitrogens with one attached hydrogen (secondary N) is 1. The van der Waals surface area contributed by atoms with E-state index in [1.165, 1.54) is 38.9 Å². The topological polar surface area (TPSA) is 15.3 Å². The number of likely N-dealkylation sites (tertiary alicyclic amines) is 1. The van der Waals surface area contributed by atoms with E-state index < -0.39 is 0 Å². The Labute approximate surface area is 133 Å². The predicted molar refractivity (Wildman–Crippen MR) is 59.8 cm³/mol. The van der Waals surface area contributed by atoms with Gasteiger partial charge in [-0.15, -0.1) is 0 Å². The summed E-state index contributed by atoms with van der Waals surface area (Å²) in [6.45, 7) is 7.77. The molecule has 2 saturated heterocycles. The average molecular weight is 224 g/mol. The van der Waals surface area contributed by atoms with E-state index in [2.05, 4.69) is 17.3 Å². The molecule has 2 fully saturated rings. The molecule has 2 nitrogen and oxygen atoms in total. The molecule has 0 amide bonds. The van der Waals surface area contributed by atoms with Gasteiger partial charge in [-0.3, -0.25) is 0 Å². The van der Waals surface area contributed by atoms with Crippen LogP contribution in [0.3, 0.4) is 0 Å². The van der Waals surface area contributed by atoms with Crippen molar-refractivity contribution in [3.05, 3.63) is 7.43 Å². The van der Waals surface area contributed by atoms with Crippen molar-refractivity contribution in [2.75, 3.05) is 26.7 Å². The summed E-state index contributed by atoms with van der Waals surface area (Å²) in [4.78, 5) is 2.52. The summed E-state index contributed by atoms with van der Waals surface area (Å²) in [5.41, 5.74) is 0.630. The van der Waals surface area contributed by atoms with Crippen molar-refractivity contribution in [2.24, 2.45) is 0 Å². The van der Waals surface area contributed by atoms with Crippen LogP contribution in [0.1, 0.15) is 33.1 Å². The first-order valence-corrected chi connectivity index (χ1v) is 5.25. The Hall–Kier alpha value is 1.56. The van der Waals surface area contributed by atoms with Gasteiger partial charge in [0.25, 0.3) is 0 Å². The molecule has 2 aliphatic heterocycles. The molecule has 0 bridgehead atoms. The van der Waals surface area contributed by atoms with Crippen LogP contribution in [-0.4, -0.2) is 37.1 Å². The van der Waals surface area contributed by atoms with E-state index in [9.17, 15) is 0 Å². The smallest absolute Gasteiger partial charge is 0.358 e. The molecule has 0 aromatic rings. The summed E-state index contributed by atoms with van der Waals surface area (Å²) in [5, 5.41) is 3.40. The van der Waals surface area contributed by atoms with Crippen molar-refractivity contribution in [3.8, 4) is 0 Å². The fourth-order valence-electron chi connectivity index (χ4n) is 2.18. The van der Waals surface area contributed by atoms with Crippen molar-refractivity contribution in [1.29, 1.82) is 0 Å². The summed E-state index contributed by atoms with van der Waals surface area (Å²) >= 11 is 0. The molecule has 1 N–H and O–H groups in total. The molecule has 3 heteroatoms. The van der Waals surface area contributed by atoms with E-state index in [0.29, 0.717) is 5.54 Å². The summed E-state index contributed by atoms with van der Waals surface area (Å²) < 4.78 is 0. The molecule has 1 spiro atoms. The fraction of sp³-hybridized carbons (Fsp3) is 0.909. The zero-order chi connectivity index (χ0) is 9.03. The minimum absolute atomic E-state index is 0. The molecule has 0 atom stereocenters. The molecule has 2 rings (SSSR count). The van der Waals surface area contributed by atoms with E-state index >= 15 is 0 Å². The van der Waals surface area contributed by atoms with Crippen LogP contribution in [0, 0.1) is 7.43 Å². The normalized spacial score (nSPS) is 23.4. The summed E-state index contributed by atoms with van der Waals surface area (Å²) in [6.07, 6.45) is 4.16. The molecular formula is C11H25KN2. The second-order valence-electron chi connectivity index (χ2n) is 3.65. The maximum absolute atomic E-state index is 3.40. The molecule has 0 aromatic carbocycles. The Balaban J connectivity index is 0. The van der Waals surface area contributed by atoms with Crippen LogP contribution in [0.25, 0.3) is 0 Å². The van der Waals surface area contributed by atoms with Crippen LogP contribution in [-0.2, 0) is 0 Å². The van der Waals surface area contributed by atoms with Crippen molar-refractivity contribution in [3.63, 3.8) is 0 Å². The van der Waals surface area contributed by atoms with Crippen LogP contribution in [0.5, 0.6) is 0 Å². The molecule has 2 aliphatic rings. The minimum atomic E-state index is 0. The fourth-order valence-corrected chi connectivity index (χ4v) is 2.18. The summed E-state index contributed by atoms with van der Waals surface area (Å²) in [6, 6.07) is 0. The molecule has 0 aromatic heterocycles. The molecule has 0 saturated carbocycles. The average Bonchev–Trinajstić information content (AvgIpc) is 2.20. The van der Waals surface area contributed by atoms with Gasteiger partial charge in [0.15, 0.2) is 0 Å². The maximum Gasteiger partial charge on any atom is 1.00 e. The van der Waals surface area contributed by atoms with Gasteiger partial charge in [0.05, 0.1) is 0 Å². The van der Waals surface area contributed by atoms with E-state index in [-0.39, 0.29) is 58.8 Å². The summed E-state index contributed by atoms with van der Waals surface area (Å²) in [7, 11) is 2.26. The van der Waals surface area contributed by atoms with E-state index in [0.717, 1.165) is 0 Å². The molecule has 14 heavy (non-hydrogen) atoms. The number of hydrogen-bond donors (Lipinski definition) is 1. The monoisotopic (exact) mass is 224 g/mol. The molecule has 2 heterocycles. The first-order chi connectivity index (χ1) is 5.83.